The van der Waals surface area contributed by atoms with E-state index in [9.17, 15) is 14.0 Å². The monoisotopic (exact) mass is 484 g/mol. The largest absolute Gasteiger partial charge is 0.372 e. The van der Waals surface area contributed by atoms with Gasteiger partial charge in [-0.2, -0.15) is 4.98 Å². The van der Waals surface area contributed by atoms with Gasteiger partial charge in [-0.1, -0.05) is 0 Å². The highest BCUT2D eigenvalue weighted by atomic mass is 19.1. The van der Waals surface area contributed by atoms with Crippen LogP contribution >= 0.6 is 0 Å². The van der Waals surface area contributed by atoms with Gasteiger partial charge < -0.3 is 9.64 Å². The molecule has 2 atom stereocenters. The molecule has 0 radical (unpaired) electrons. The highest BCUT2D eigenvalue weighted by Crippen LogP contribution is 2.34. The average Bonchev–Trinajstić information content (AvgIpc) is 3.39. The zero-order valence-electron chi connectivity index (χ0n) is 19.7. The van der Waals surface area contributed by atoms with Crippen LogP contribution in [0.4, 0.5) is 16.2 Å². The third-order valence-corrected chi connectivity index (χ3v) is 6.94. The van der Waals surface area contributed by atoms with Gasteiger partial charge in [0.05, 0.1) is 18.8 Å². The molecule has 3 saturated heterocycles. The quantitative estimate of drug-likeness (QED) is 0.637. The topological polar surface area (TPSA) is 101 Å². The van der Waals surface area contributed by atoms with Gasteiger partial charge in [0.1, 0.15) is 17.7 Å². The number of hydrogen-bond acceptors (Lipinski definition) is 8. The first-order valence-corrected chi connectivity index (χ1v) is 12.0. The molecule has 186 valence electrons. The third-order valence-electron chi connectivity index (χ3n) is 6.94. The Morgan fingerprint density at radius 2 is 2.00 bits per heavy atom. The number of ether oxygens (including phenoxy) is 1. The molecule has 11 heteroatoms. The van der Waals surface area contributed by atoms with Crippen LogP contribution < -0.4 is 9.80 Å². The fraction of sp³-hybridized carbons (Fsp3) is 0.542. The maximum Gasteiger partial charge on any atom is 0.257 e. The van der Waals surface area contributed by atoms with Gasteiger partial charge in [0, 0.05) is 51.5 Å². The van der Waals surface area contributed by atoms with Gasteiger partial charge in [0.2, 0.25) is 11.9 Å². The number of anilines is 2. The van der Waals surface area contributed by atoms with Crippen LogP contribution in [0.25, 0.3) is 0 Å². The molecule has 5 heterocycles. The molecular formula is C24H29FN6O4. The second-order valence-corrected chi connectivity index (χ2v) is 9.07. The van der Waals surface area contributed by atoms with Gasteiger partial charge in [-0.3, -0.25) is 24.3 Å². The Morgan fingerprint density at radius 3 is 2.77 bits per heavy atom. The van der Waals surface area contributed by atoms with Crippen LogP contribution in [-0.4, -0.2) is 71.3 Å². The van der Waals surface area contributed by atoms with Crippen molar-refractivity contribution in [2.75, 3.05) is 43.2 Å². The summed E-state index contributed by atoms with van der Waals surface area (Å²) < 4.78 is 19.0. The van der Waals surface area contributed by atoms with Gasteiger partial charge in [-0.05, 0) is 43.4 Å². The third kappa shape index (κ3) is 4.83. The number of aromatic nitrogens is 3. The van der Waals surface area contributed by atoms with Gasteiger partial charge in [-0.15, -0.1) is 0 Å². The summed E-state index contributed by atoms with van der Waals surface area (Å²) in [6.45, 7) is 2.22. The van der Waals surface area contributed by atoms with E-state index in [1.54, 1.807) is 30.5 Å². The van der Waals surface area contributed by atoms with Crippen molar-refractivity contribution < 1.29 is 23.6 Å². The number of piperidine rings is 2. The predicted molar refractivity (Wildman–Crippen MR) is 124 cm³/mol. The Bertz CT molecular complexity index is 1080. The number of pyridine rings is 1. The van der Waals surface area contributed by atoms with Crippen molar-refractivity contribution >= 4 is 23.6 Å². The number of halogens is 1. The minimum absolute atomic E-state index is 0.0821. The summed E-state index contributed by atoms with van der Waals surface area (Å²) in [6, 6.07) is 2.81. The Balaban J connectivity index is 1.22. The molecular weight excluding hydrogens is 455 g/mol. The molecule has 0 spiro atoms. The van der Waals surface area contributed by atoms with E-state index >= 15 is 0 Å². The molecule has 3 fully saturated rings. The lowest BCUT2D eigenvalue weighted by Crippen LogP contribution is -2.46. The molecule has 2 aromatic rings. The average molecular weight is 485 g/mol. The molecule has 0 saturated carbocycles. The molecule has 0 unspecified atom stereocenters. The van der Waals surface area contributed by atoms with Crippen molar-refractivity contribution in [1.29, 1.82) is 0 Å². The molecule has 0 aromatic carbocycles. The maximum atomic E-state index is 13.7. The van der Waals surface area contributed by atoms with E-state index < -0.39 is 11.9 Å². The van der Waals surface area contributed by atoms with Gasteiger partial charge in [0.25, 0.3) is 5.91 Å². The molecule has 5 rings (SSSR count). The second-order valence-electron chi connectivity index (χ2n) is 9.07. The summed E-state index contributed by atoms with van der Waals surface area (Å²) in [7, 11) is 1.55. The van der Waals surface area contributed by atoms with E-state index in [1.165, 1.54) is 11.1 Å². The Labute approximate surface area is 203 Å². The molecule has 2 aromatic heterocycles. The number of nitrogens with zero attached hydrogens (tertiary/aromatic N) is 6. The first-order chi connectivity index (χ1) is 17.0. The summed E-state index contributed by atoms with van der Waals surface area (Å²) in [5, 5.41) is 1.40. The van der Waals surface area contributed by atoms with E-state index in [4.69, 9.17) is 9.57 Å². The smallest absolute Gasteiger partial charge is 0.257 e. The van der Waals surface area contributed by atoms with Crippen LogP contribution in [0.1, 0.15) is 43.7 Å². The molecule has 3 aliphatic rings. The number of hydroxylamine groups is 2. The lowest BCUT2D eigenvalue weighted by molar-refractivity contribution is -0.182. The van der Waals surface area contributed by atoms with E-state index in [1.807, 2.05) is 4.90 Å². The Hall–Kier alpha value is -3.18. The number of amides is 2. The zero-order chi connectivity index (χ0) is 24.4. The number of rotatable bonds is 5. The molecule has 35 heavy (non-hydrogen) atoms. The normalized spacial score (nSPS) is 23.7. The van der Waals surface area contributed by atoms with Gasteiger partial charge in [-0.25, -0.2) is 14.4 Å². The number of carbonyl (C=O) groups excluding carboxylic acids is 2. The summed E-state index contributed by atoms with van der Waals surface area (Å²) in [4.78, 5) is 48.2. The van der Waals surface area contributed by atoms with E-state index in [0.29, 0.717) is 69.3 Å². The number of carbonyl (C=O) groups is 2. The zero-order valence-corrected chi connectivity index (χ0v) is 19.7. The standard InChI is InChI=1S/C24H29FN6O4/c1-34-20-3-2-9-30(23(20)33)21-4-8-27-24(28-21)29-10-5-16(6-11-29)22(32)31-19(7-12-35-31)17-13-18(25)15-26-14-17/h4,8,13-16,19-20H,2-3,5-7,9-12H2,1H3/t19-,20-/m0/s1. The highest BCUT2D eigenvalue weighted by Gasteiger charge is 2.38. The fourth-order valence-corrected chi connectivity index (χ4v) is 5.04. The molecule has 0 bridgehead atoms. The molecule has 0 N–H and O–H groups in total. The SMILES string of the molecule is CO[C@H]1CCCN(c2ccnc(N3CCC(C(=O)N4OCC[C@H]4c4cncc(F)c4)CC3)n2)C1=O. The van der Waals surface area contributed by atoms with Crippen molar-refractivity contribution in [3.63, 3.8) is 0 Å². The van der Waals surface area contributed by atoms with E-state index in [0.717, 1.165) is 12.6 Å². The van der Waals surface area contributed by atoms with Crippen molar-refractivity contribution in [2.24, 2.45) is 5.92 Å². The molecule has 3 aliphatic heterocycles. The predicted octanol–water partition coefficient (Wildman–Crippen LogP) is 2.27. The lowest BCUT2D eigenvalue weighted by Gasteiger charge is -2.35. The molecule has 10 nitrogen and oxygen atoms in total. The van der Waals surface area contributed by atoms with E-state index in [-0.39, 0.29) is 23.8 Å². The van der Waals surface area contributed by atoms with Crippen molar-refractivity contribution in [2.45, 2.75) is 44.2 Å². The van der Waals surface area contributed by atoms with Crippen LogP contribution in [0.2, 0.25) is 0 Å². The van der Waals surface area contributed by atoms with Crippen molar-refractivity contribution in [3.05, 3.63) is 42.1 Å². The maximum absolute atomic E-state index is 13.7. The minimum Gasteiger partial charge on any atom is -0.372 e. The fourth-order valence-electron chi connectivity index (χ4n) is 5.04. The summed E-state index contributed by atoms with van der Waals surface area (Å²) in [5.41, 5.74) is 0.640. The van der Waals surface area contributed by atoms with Gasteiger partial charge >= 0.3 is 0 Å². The summed E-state index contributed by atoms with van der Waals surface area (Å²) in [5.74, 6) is 0.305. The van der Waals surface area contributed by atoms with Crippen LogP contribution in [0.5, 0.6) is 0 Å². The van der Waals surface area contributed by atoms with Crippen molar-refractivity contribution in [3.8, 4) is 0 Å². The first kappa shape index (κ1) is 23.6. The minimum atomic E-state index is -0.441. The molecule has 2 amide bonds. The van der Waals surface area contributed by atoms with Crippen molar-refractivity contribution in [1.82, 2.24) is 20.0 Å². The van der Waals surface area contributed by atoms with Crippen LogP contribution in [0.3, 0.4) is 0 Å². The molecule has 0 aliphatic carbocycles. The highest BCUT2D eigenvalue weighted by molar-refractivity contribution is 5.96. The van der Waals surface area contributed by atoms with E-state index in [2.05, 4.69) is 15.0 Å². The van der Waals surface area contributed by atoms with Crippen LogP contribution in [-0.2, 0) is 19.2 Å². The lowest BCUT2D eigenvalue weighted by atomic mass is 9.95. The second kappa shape index (κ2) is 10.2. The Morgan fingerprint density at radius 1 is 1.17 bits per heavy atom. The summed E-state index contributed by atoms with van der Waals surface area (Å²) >= 11 is 0. The number of methoxy groups -OCH3 is 1. The summed E-state index contributed by atoms with van der Waals surface area (Å²) in [6.07, 6.45) is 7.36. The van der Waals surface area contributed by atoms with Gasteiger partial charge in [0.15, 0.2) is 0 Å². The Kier molecular flexibility index (Phi) is 6.87. The van der Waals surface area contributed by atoms with Crippen LogP contribution in [0, 0.1) is 11.7 Å². The first-order valence-electron chi connectivity index (χ1n) is 12.0. The number of hydrogen-bond donors (Lipinski definition) is 0. The van der Waals surface area contributed by atoms with Crippen LogP contribution in [0.15, 0.2) is 30.7 Å².